The van der Waals surface area contributed by atoms with E-state index in [2.05, 4.69) is 34.7 Å². The molecule has 0 fully saturated rings. The molecule has 1 atom stereocenters. The van der Waals surface area contributed by atoms with Crippen LogP contribution in [0.3, 0.4) is 0 Å². The summed E-state index contributed by atoms with van der Waals surface area (Å²) in [6.45, 7) is 5.44. The van der Waals surface area contributed by atoms with Gasteiger partial charge in [0.1, 0.15) is 12.4 Å². The average molecular weight is 439 g/mol. The molecule has 0 radical (unpaired) electrons. The third-order valence-corrected chi connectivity index (χ3v) is 3.62. The van der Waals surface area contributed by atoms with Gasteiger partial charge in [0.15, 0.2) is 5.96 Å². The van der Waals surface area contributed by atoms with E-state index in [9.17, 15) is 0 Å². The molecule has 2 N–H and O–H groups in total. The lowest BCUT2D eigenvalue weighted by Gasteiger charge is -2.18. The fourth-order valence-electron chi connectivity index (χ4n) is 2.27. The minimum atomic E-state index is 0. The molecule has 5 heteroatoms. The molecule has 4 nitrogen and oxygen atoms in total. The fourth-order valence-corrected chi connectivity index (χ4v) is 2.27. The molecule has 0 bridgehead atoms. The van der Waals surface area contributed by atoms with Crippen LogP contribution in [-0.4, -0.2) is 26.2 Å². The van der Waals surface area contributed by atoms with Crippen LogP contribution < -0.4 is 15.4 Å². The van der Waals surface area contributed by atoms with Crippen molar-refractivity contribution in [2.24, 2.45) is 4.99 Å². The molecule has 0 aliphatic carbocycles. The molecule has 24 heavy (non-hydrogen) atoms. The number of hydrogen-bond acceptors (Lipinski definition) is 2. The van der Waals surface area contributed by atoms with Crippen molar-refractivity contribution in [1.29, 1.82) is 0 Å². The predicted octanol–water partition coefficient (Wildman–Crippen LogP) is 3.92. The molecule has 2 aromatic carbocycles. The molecule has 2 rings (SSSR count). The molecule has 0 heterocycles. The van der Waals surface area contributed by atoms with E-state index in [0.29, 0.717) is 13.2 Å². The van der Waals surface area contributed by atoms with Crippen LogP contribution in [0.4, 0.5) is 0 Å². The lowest BCUT2D eigenvalue weighted by atomic mass is 10.1. The first-order chi connectivity index (χ1) is 11.2. The van der Waals surface area contributed by atoms with Gasteiger partial charge < -0.3 is 15.4 Å². The van der Waals surface area contributed by atoms with Gasteiger partial charge in [-0.1, -0.05) is 48.5 Å². The molecule has 0 aliphatic rings. The fraction of sp³-hybridized carbons (Fsp3) is 0.316. The number of aliphatic imine (C=N–C) groups is 1. The van der Waals surface area contributed by atoms with Gasteiger partial charge in [0, 0.05) is 7.05 Å². The summed E-state index contributed by atoms with van der Waals surface area (Å²) in [4.78, 5) is 4.25. The minimum absolute atomic E-state index is 0. The molecule has 0 aliphatic heterocycles. The maximum absolute atomic E-state index is 5.78. The second-order valence-electron chi connectivity index (χ2n) is 5.39. The van der Waals surface area contributed by atoms with Crippen molar-refractivity contribution in [2.75, 3.05) is 20.2 Å². The van der Waals surface area contributed by atoms with Gasteiger partial charge in [0.2, 0.25) is 0 Å². The van der Waals surface area contributed by atoms with Crippen LogP contribution in [-0.2, 0) is 0 Å². The van der Waals surface area contributed by atoms with Crippen LogP contribution >= 0.6 is 24.0 Å². The van der Waals surface area contributed by atoms with E-state index in [1.807, 2.05) is 49.4 Å². The van der Waals surface area contributed by atoms with E-state index in [-0.39, 0.29) is 30.0 Å². The molecule has 0 amide bonds. The van der Waals surface area contributed by atoms with E-state index in [4.69, 9.17) is 4.74 Å². The summed E-state index contributed by atoms with van der Waals surface area (Å²) in [7, 11) is 1.77. The number of hydrogen-bond donors (Lipinski definition) is 2. The number of guanidine groups is 1. The highest BCUT2D eigenvalue weighted by Crippen LogP contribution is 2.15. The van der Waals surface area contributed by atoms with Gasteiger partial charge in [-0.25, -0.2) is 0 Å². The Labute approximate surface area is 161 Å². The smallest absolute Gasteiger partial charge is 0.191 e. The summed E-state index contributed by atoms with van der Waals surface area (Å²) in [5.41, 5.74) is 2.37. The summed E-state index contributed by atoms with van der Waals surface area (Å²) in [5, 5.41) is 6.65. The molecular weight excluding hydrogens is 413 g/mol. The molecule has 0 spiro atoms. The molecule has 0 saturated heterocycles. The van der Waals surface area contributed by atoms with Crippen LogP contribution in [0.5, 0.6) is 5.75 Å². The second kappa shape index (κ2) is 10.9. The summed E-state index contributed by atoms with van der Waals surface area (Å²) in [5.74, 6) is 1.70. The minimum Gasteiger partial charge on any atom is -0.491 e. The maximum Gasteiger partial charge on any atom is 0.191 e. The number of aryl methyl sites for hydroxylation is 1. The van der Waals surface area contributed by atoms with Crippen molar-refractivity contribution in [3.8, 4) is 5.75 Å². The van der Waals surface area contributed by atoms with Crippen molar-refractivity contribution in [3.63, 3.8) is 0 Å². The van der Waals surface area contributed by atoms with E-state index in [1.54, 1.807) is 7.05 Å². The van der Waals surface area contributed by atoms with Crippen molar-refractivity contribution in [2.45, 2.75) is 19.9 Å². The Kier molecular flexibility index (Phi) is 9.22. The van der Waals surface area contributed by atoms with Gasteiger partial charge in [0.05, 0.1) is 12.6 Å². The zero-order valence-corrected chi connectivity index (χ0v) is 16.8. The Morgan fingerprint density at radius 1 is 1.08 bits per heavy atom. The zero-order chi connectivity index (χ0) is 16.5. The van der Waals surface area contributed by atoms with Crippen molar-refractivity contribution < 1.29 is 4.74 Å². The van der Waals surface area contributed by atoms with Gasteiger partial charge in [0.25, 0.3) is 0 Å². The summed E-state index contributed by atoms with van der Waals surface area (Å²) < 4.78 is 5.78. The number of halogens is 1. The second-order valence-corrected chi connectivity index (χ2v) is 5.39. The Morgan fingerprint density at radius 2 is 1.75 bits per heavy atom. The highest BCUT2D eigenvalue weighted by atomic mass is 127. The molecule has 2 aromatic rings. The molecule has 1 unspecified atom stereocenters. The summed E-state index contributed by atoms with van der Waals surface area (Å²) in [6.07, 6.45) is 0. The third-order valence-electron chi connectivity index (χ3n) is 3.62. The van der Waals surface area contributed by atoms with E-state index < -0.39 is 0 Å². The van der Waals surface area contributed by atoms with E-state index in [0.717, 1.165) is 17.3 Å². The first kappa shape index (κ1) is 20.3. The van der Waals surface area contributed by atoms with E-state index in [1.165, 1.54) is 5.56 Å². The first-order valence-electron chi connectivity index (χ1n) is 7.91. The van der Waals surface area contributed by atoms with Crippen molar-refractivity contribution in [3.05, 3.63) is 65.7 Å². The number of nitrogens with one attached hydrogen (secondary N) is 2. The Morgan fingerprint density at radius 3 is 2.42 bits per heavy atom. The highest BCUT2D eigenvalue weighted by molar-refractivity contribution is 14.0. The Balaban J connectivity index is 0.00000288. The van der Waals surface area contributed by atoms with Crippen LogP contribution in [0.25, 0.3) is 0 Å². The average Bonchev–Trinajstić information content (AvgIpc) is 2.59. The number of para-hydroxylation sites is 1. The lowest BCUT2D eigenvalue weighted by Crippen LogP contribution is -2.40. The first-order valence-corrected chi connectivity index (χ1v) is 7.91. The topological polar surface area (TPSA) is 45.7 Å². The standard InChI is InChI=1S/C19H25N3O.HI/c1-15-9-7-8-12-18(15)23-14-13-21-19(20-3)22-16(2)17-10-5-4-6-11-17;/h4-12,16H,13-14H2,1-3H3,(H2,20,21,22);1H. The Hall–Kier alpha value is -1.76. The number of ether oxygens (including phenoxy) is 1. The van der Waals surface area contributed by atoms with Gasteiger partial charge in [-0.3, -0.25) is 4.99 Å². The van der Waals surface area contributed by atoms with Gasteiger partial charge in [-0.05, 0) is 31.0 Å². The van der Waals surface area contributed by atoms with Gasteiger partial charge in [-0.2, -0.15) is 0 Å². The summed E-state index contributed by atoms with van der Waals surface area (Å²) in [6, 6.07) is 18.5. The number of rotatable bonds is 6. The van der Waals surface area contributed by atoms with Gasteiger partial charge in [-0.15, -0.1) is 24.0 Å². The molecular formula is C19H26IN3O. The zero-order valence-electron chi connectivity index (χ0n) is 14.5. The normalized spacial score (nSPS) is 12.0. The SMILES string of the molecule is CN=C(NCCOc1ccccc1C)NC(C)c1ccccc1.I. The number of nitrogens with zero attached hydrogens (tertiary/aromatic N) is 1. The van der Waals surface area contributed by atoms with E-state index >= 15 is 0 Å². The lowest BCUT2D eigenvalue weighted by molar-refractivity contribution is 0.319. The van der Waals surface area contributed by atoms with Gasteiger partial charge >= 0.3 is 0 Å². The van der Waals surface area contributed by atoms with Crippen molar-refractivity contribution >= 4 is 29.9 Å². The maximum atomic E-state index is 5.78. The molecule has 0 saturated carbocycles. The quantitative estimate of drug-likeness (QED) is 0.311. The monoisotopic (exact) mass is 439 g/mol. The van der Waals surface area contributed by atoms with Crippen LogP contribution in [0.2, 0.25) is 0 Å². The van der Waals surface area contributed by atoms with Crippen LogP contribution in [0.1, 0.15) is 24.1 Å². The van der Waals surface area contributed by atoms with Crippen molar-refractivity contribution in [1.82, 2.24) is 10.6 Å². The van der Waals surface area contributed by atoms with Crippen LogP contribution in [0, 0.1) is 6.92 Å². The predicted molar refractivity (Wildman–Crippen MR) is 111 cm³/mol. The largest absolute Gasteiger partial charge is 0.491 e. The highest BCUT2D eigenvalue weighted by Gasteiger charge is 2.06. The van der Waals surface area contributed by atoms with Crippen LogP contribution in [0.15, 0.2) is 59.6 Å². The molecule has 130 valence electrons. The third kappa shape index (κ3) is 6.39. The molecule has 0 aromatic heterocycles. The Bertz CT molecular complexity index is 632. The summed E-state index contributed by atoms with van der Waals surface area (Å²) >= 11 is 0. The number of benzene rings is 2.